The van der Waals surface area contributed by atoms with Crippen LogP contribution in [0.1, 0.15) is 16.7 Å². The van der Waals surface area contributed by atoms with E-state index in [1.54, 1.807) is 25.3 Å². The molecule has 3 aromatic carbocycles. The Morgan fingerprint density at radius 3 is 2.45 bits per heavy atom. The molecule has 0 aromatic heterocycles. The van der Waals surface area contributed by atoms with E-state index in [0.29, 0.717) is 30.2 Å². The Kier molecular flexibility index (Phi) is 8.07. The fraction of sp³-hybridized carbons (Fsp3) is 0.120. The zero-order valence-corrected chi connectivity index (χ0v) is 19.1. The Morgan fingerprint density at radius 1 is 1.03 bits per heavy atom. The van der Waals surface area contributed by atoms with E-state index in [1.165, 1.54) is 6.08 Å². The van der Waals surface area contributed by atoms with Crippen LogP contribution in [0.4, 0.5) is 0 Å². The molecule has 1 amide bonds. The Morgan fingerprint density at radius 2 is 1.77 bits per heavy atom. The first-order valence-corrected chi connectivity index (χ1v) is 10.7. The Bertz CT molecular complexity index is 1100. The average Bonchev–Trinajstić information content (AvgIpc) is 2.81. The summed E-state index contributed by atoms with van der Waals surface area (Å²) >= 11 is 2.26. The largest absolute Gasteiger partial charge is 0.493 e. The molecule has 0 saturated carbocycles. The van der Waals surface area contributed by atoms with Crippen LogP contribution < -0.4 is 14.8 Å². The molecule has 0 spiro atoms. The number of ether oxygens (including phenoxy) is 2. The normalized spacial score (nSPS) is 10.8. The molecule has 3 rings (SSSR count). The van der Waals surface area contributed by atoms with E-state index < -0.39 is 5.91 Å². The summed E-state index contributed by atoms with van der Waals surface area (Å²) in [6, 6.07) is 24.9. The van der Waals surface area contributed by atoms with Gasteiger partial charge in [0.05, 0.1) is 7.11 Å². The monoisotopic (exact) mass is 524 g/mol. The summed E-state index contributed by atoms with van der Waals surface area (Å²) in [6.45, 7) is 0.765. The van der Waals surface area contributed by atoms with Crippen molar-refractivity contribution in [1.29, 1.82) is 5.26 Å². The van der Waals surface area contributed by atoms with E-state index in [9.17, 15) is 10.1 Å². The fourth-order valence-electron chi connectivity index (χ4n) is 2.82. The number of methoxy groups -OCH3 is 1. The summed E-state index contributed by atoms with van der Waals surface area (Å²) in [5.41, 5.74) is 2.70. The minimum atomic E-state index is -0.427. The third-order valence-electron chi connectivity index (χ3n) is 4.47. The summed E-state index contributed by atoms with van der Waals surface area (Å²) in [5.74, 6) is 0.691. The van der Waals surface area contributed by atoms with Crippen molar-refractivity contribution in [2.75, 3.05) is 7.11 Å². The molecule has 0 heterocycles. The lowest BCUT2D eigenvalue weighted by atomic mass is 10.1. The van der Waals surface area contributed by atoms with Gasteiger partial charge in [-0.15, -0.1) is 0 Å². The Balaban J connectivity index is 1.69. The van der Waals surface area contributed by atoms with Gasteiger partial charge in [-0.05, 0) is 69.6 Å². The zero-order chi connectivity index (χ0) is 22.1. The van der Waals surface area contributed by atoms with Crippen molar-refractivity contribution in [2.24, 2.45) is 0 Å². The van der Waals surface area contributed by atoms with Crippen LogP contribution >= 0.6 is 22.6 Å². The van der Waals surface area contributed by atoms with E-state index in [0.717, 1.165) is 14.7 Å². The number of hydrogen-bond donors (Lipinski definition) is 1. The highest BCUT2D eigenvalue weighted by Gasteiger charge is 2.11. The van der Waals surface area contributed by atoms with Crippen molar-refractivity contribution in [3.63, 3.8) is 0 Å². The lowest BCUT2D eigenvalue weighted by molar-refractivity contribution is -0.117. The van der Waals surface area contributed by atoms with Gasteiger partial charge >= 0.3 is 0 Å². The van der Waals surface area contributed by atoms with Crippen LogP contribution in [-0.4, -0.2) is 13.0 Å². The molecule has 3 aromatic rings. The van der Waals surface area contributed by atoms with Gasteiger partial charge < -0.3 is 14.8 Å². The molecule has 0 aliphatic rings. The topological polar surface area (TPSA) is 71.3 Å². The lowest BCUT2D eigenvalue weighted by Crippen LogP contribution is -2.23. The number of amides is 1. The molecular weight excluding hydrogens is 503 g/mol. The summed E-state index contributed by atoms with van der Waals surface area (Å²) in [6.07, 6.45) is 1.53. The van der Waals surface area contributed by atoms with Crippen molar-refractivity contribution in [1.82, 2.24) is 5.32 Å². The maximum absolute atomic E-state index is 12.4. The van der Waals surface area contributed by atoms with Crippen molar-refractivity contribution >= 4 is 34.6 Å². The fourth-order valence-corrected chi connectivity index (χ4v) is 3.18. The highest BCUT2D eigenvalue weighted by molar-refractivity contribution is 14.1. The predicted molar refractivity (Wildman–Crippen MR) is 128 cm³/mol. The minimum Gasteiger partial charge on any atom is -0.493 e. The molecule has 0 fully saturated rings. The molecule has 1 N–H and O–H groups in total. The molecule has 0 atom stereocenters. The van der Waals surface area contributed by atoms with E-state index in [-0.39, 0.29) is 5.57 Å². The highest BCUT2D eigenvalue weighted by atomic mass is 127. The number of nitrogens with zero attached hydrogens (tertiary/aromatic N) is 1. The second-order valence-electron chi connectivity index (χ2n) is 6.66. The van der Waals surface area contributed by atoms with E-state index in [4.69, 9.17) is 9.47 Å². The Labute approximate surface area is 195 Å². The predicted octanol–water partition coefficient (Wildman–Crippen LogP) is 5.10. The summed E-state index contributed by atoms with van der Waals surface area (Å²) in [7, 11) is 1.55. The molecule has 5 nitrogen and oxygen atoms in total. The third kappa shape index (κ3) is 6.59. The van der Waals surface area contributed by atoms with Crippen LogP contribution in [0.15, 0.2) is 78.4 Å². The molecule has 6 heteroatoms. The first-order chi connectivity index (χ1) is 15.1. The van der Waals surface area contributed by atoms with Crippen molar-refractivity contribution in [3.05, 3.63) is 98.6 Å². The average molecular weight is 524 g/mol. The molecular formula is C25H21IN2O3. The van der Waals surface area contributed by atoms with Crippen LogP contribution in [0.2, 0.25) is 0 Å². The number of carbonyl (C=O) groups excluding carboxylic acids is 1. The van der Waals surface area contributed by atoms with Gasteiger partial charge in [0.25, 0.3) is 5.91 Å². The maximum atomic E-state index is 12.4. The van der Waals surface area contributed by atoms with Gasteiger partial charge in [0.15, 0.2) is 11.5 Å². The molecule has 0 radical (unpaired) electrons. The molecule has 156 valence electrons. The lowest BCUT2D eigenvalue weighted by Gasteiger charge is -2.12. The molecule has 0 unspecified atom stereocenters. The smallest absolute Gasteiger partial charge is 0.262 e. The molecule has 0 saturated heterocycles. The zero-order valence-electron chi connectivity index (χ0n) is 17.0. The van der Waals surface area contributed by atoms with Crippen LogP contribution in [0, 0.1) is 14.9 Å². The first-order valence-electron chi connectivity index (χ1n) is 9.58. The summed E-state index contributed by atoms with van der Waals surface area (Å²) < 4.78 is 12.5. The second-order valence-corrected chi connectivity index (χ2v) is 7.91. The van der Waals surface area contributed by atoms with Gasteiger partial charge in [-0.3, -0.25) is 4.79 Å². The SMILES string of the molecule is COc1cc(/C=C(/C#N)C(=O)NCc2ccccc2)ccc1OCc1ccc(I)cc1. The standard InChI is InChI=1S/C25H21IN2O3/c1-30-24-14-20(9-12-23(24)31-17-19-7-10-22(26)11-8-19)13-21(15-27)25(29)28-16-18-5-3-2-4-6-18/h2-14H,16-17H2,1H3,(H,28,29)/b21-13-. The number of hydrogen-bond acceptors (Lipinski definition) is 4. The quantitative estimate of drug-likeness (QED) is 0.253. The van der Waals surface area contributed by atoms with Crippen LogP contribution in [-0.2, 0) is 17.9 Å². The second kappa shape index (κ2) is 11.2. The van der Waals surface area contributed by atoms with Gasteiger partial charge in [0.2, 0.25) is 0 Å². The van der Waals surface area contributed by atoms with Crippen LogP contribution in [0.5, 0.6) is 11.5 Å². The van der Waals surface area contributed by atoms with Crippen LogP contribution in [0.25, 0.3) is 6.08 Å². The Hall–Kier alpha value is -3.31. The van der Waals surface area contributed by atoms with Gasteiger partial charge in [-0.25, -0.2) is 0 Å². The van der Waals surface area contributed by atoms with E-state index >= 15 is 0 Å². The minimum absolute atomic E-state index is 0.0190. The number of carbonyl (C=O) groups is 1. The van der Waals surface area contributed by atoms with E-state index in [2.05, 4.69) is 27.9 Å². The van der Waals surface area contributed by atoms with Crippen molar-refractivity contribution in [3.8, 4) is 17.6 Å². The van der Waals surface area contributed by atoms with Gasteiger partial charge in [0.1, 0.15) is 18.2 Å². The van der Waals surface area contributed by atoms with Crippen molar-refractivity contribution in [2.45, 2.75) is 13.2 Å². The molecule has 0 bridgehead atoms. The number of rotatable bonds is 8. The van der Waals surface area contributed by atoms with Gasteiger partial charge in [-0.2, -0.15) is 5.26 Å². The first kappa shape index (κ1) is 22.4. The summed E-state index contributed by atoms with van der Waals surface area (Å²) in [4.78, 5) is 12.4. The number of nitrogens with one attached hydrogen (secondary N) is 1. The van der Waals surface area contributed by atoms with Crippen LogP contribution in [0.3, 0.4) is 0 Å². The maximum Gasteiger partial charge on any atom is 0.262 e. The van der Waals surface area contributed by atoms with E-state index in [1.807, 2.05) is 60.7 Å². The van der Waals surface area contributed by atoms with Crippen molar-refractivity contribution < 1.29 is 14.3 Å². The number of nitriles is 1. The van der Waals surface area contributed by atoms with Gasteiger partial charge in [-0.1, -0.05) is 48.5 Å². The van der Waals surface area contributed by atoms with Gasteiger partial charge in [0, 0.05) is 10.1 Å². The third-order valence-corrected chi connectivity index (χ3v) is 5.19. The number of benzene rings is 3. The molecule has 0 aliphatic carbocycles. The molecule has 0 aliphatic heterocycles. The number of halogens is 1. The highest BCUT2D eigenvalue weighted by Crippen LogP contribution is 2.29. The summed E-state index contributed by atoms with van der Waals surface area (Å²) in [5, 5.41) is 12.2. The molecule has 31 heavy (non-hydrogen) atoms.